The highest BCUT2D eigenvalue weighted by Crippen LogP contribution is 2.18. The van der Waals surface area contributed by atoms with Gasteiger partial charge in [-0.15, -0.1) is 0 Å². The Morgan fingerprint density at radius 1 is 1.03 bits per heavy atom. The van der Waals surface area contributed by atoms with E-state index in [1.807, 2.05) is 0 Å². The number of amides is 1. The van der Waals surface area contributed by atoms with E-state index in [1.165, 1.54) is 18.3 Å². The molecule has 2 aliphatic rings. The highest BCUT2D eigenvalue weighted by atomic mass is 19.4. The lowest BCUT2D eigenvalue weighted by Crippen LogP contribution is -2.47. The normalized spacial score (nSPS) is 19.0. The molecule has 2 aromatic heterocycles. The van der Waals surface area contributed by atoms with Crippen LogP contribution in [0.5, 0.6) is 0 Å². The summed E-state index contributed by atoms with van der Waals surface area (Å²) in [7, 11) is 0. The smallest absolute Gasteiger partial charge is 0.379 e. The van der Waals surface area contributed by atoms with Gasteiger partial charge in [-0.1, -0.05) is 0 Å². The Morgan fingerprint density at radius 2 is 1.73 bits per heavy atom. The Hall–Kier alpha value is -2.57. The van der Waals surface area contributed by atoms with Crippen LogP contribution < -0.4 is 10.6 Å². The van der Waals surface area contributed by atoms with Gasteiger partial charge in [-0.05, 0) is 25.0 Å². The molecule has 0 radical (unpaired) electrons. The predicted molar refractivity (Wildman–Crippen MR) is 116 cm³/mol. The molecule has 0 spiro atoms. The zero-order chi connectivity index (χ0) is 23.3. The second-order valence-corrected chi connectivity index (χ2v) is 8.31. The molecule has 2 aliphatic heterocycles. The Labute approximate surface area is 189 Å². The van der Waals surface area contributed by atoms with E-state index in [2.05, 4.69) is 35.4 Å². The third-order valence-electron chi connectivity index (χ3n) is 5.87. The van der Waals surface area contributed by atoms with Crippen LogP contribution in [0.2, 0.25) is 0 Å². The van der Waals surface area contributed by atoms with Crippen LogP contribution in [0.15, 0.2) is 18.3 Å². The van der Waals surface area contributed by atoms with Crippen molar-refractivity contribution in [3.63, 3.8) is 0 Å². The van der Waals surface area contributed by atoms with Crippen molar-refractivity contribution in [2.24, 2.45) is 0 Å². The van der Waals surface area contributed by atoms with E-state index in [0.717, 1.165) is 65.3 Å². The molecule has 4 rings (SSSR count). The molecule has 2 fully saturated rings. The third kappa shape index (κ3) is 6.95. The molecule has 0 bridgehead atoms. The maximum absolute atomic E-state index is 12.6. The first-order valence-electron chi connectivity index (χ1n) is 11.1. The molecule has 33 heavy (non-hydrogen) atoms. The second-order valence-electron chi connectivity index (χ2n) is 8.31. The van der Waals surface area contributed by atoms with E-state index < -0.39 is 12.7 Å². The molecular weight excluding hydrogens is 439 g/mol. The maximum Gasteiger partial charge on any atom is 0.405 e. The fourth-order valence-electron chi connectivity index (χ4n) is 3.98. The van der Waals surface area contributed by atoms with Crippen molar-refractivity contribution in [3.8, 4) is 0 Å². The fourth-order valence-corrected chi connectivity index (χ4v) is 3.98. The molecule has 2 N–H and O–H groups in total. The number of nitrogens with zero attached hydrogens (tertiary/aromatic N) is 5. The molecule has 0 saturated carbocycles. The largest absolute Gasteiger partial charge is 0.405 e. The number of morpholine rings is 1. The minimum absolute atomic E-state index is 0.0232. The van der Waals surface area contributed by atoms with Crippen molar-refractivity contribution in [2.75, 3.05) is 64.3 Å². The number of alkyl halides is 3. The number of aromatic nitrogens is 3. The summed E-state index contributed by atoms with van der Waals surface area (Å²) in [6.07, 6.45) is -1.27. The topological polar surface area (TPSA) is 95.5 Å². The van der Waals surface area contributed by atoms with E-state index >= 15 is 0 Å². The first kappa shape index (κ1) is 23.6. The van der Waals surface area contributed by atoms with E-state index in [0.29, 0.717) is 11.0 Å². The van der Waals surface area contributed by atoms with Crippen LogP contribution in [0.3, 0.4) is 0 Å². The van der Waals surface area contributed by atoms with Crippen molar-refractivity contribution < 1.29 is 22.7 Å². The van der Waals surface area contributed by atoms with Gasteiger partial charge < -0.3 is 20.3 Å². The summed E-state index contributed by atoms with van der Waals surface area (Å²) in [6.45, 7) is 6.29. The van der Waals surface area contributed by atoms with Gasteiger partial charge in [0.25, 0.3) is 5.91 Å². The number of likely N-dealkylation sites (tertiary alicyclic amines) is 1. The Bertz CT molecular complexity index is 945. The monoisotopic (exact) mass is 467 g/mol. The molecule has 4 heterocycles. The minimum Gasteiger partial charge on any atom is -0.379 e. The number of rotatable bonds is 7. The number of hydrogen-bond acceptors (Lipinski definition) is 8. The lowest BCUT2D eigenvalue weighted by atomic mass is 10.0. The van der Waals surface area contributed by atoms with Crippen molar-refractivity contribution in [2.45, 2.75) is 25.1 Å². The molecule has 2 aromatic rings. The molecule has 0 aliphatic carbocycles. The number of nitrogens with one attached hydrogen (secondary N) is 2. The molecule has 1 amide bonds. The summed E-state index contributed by atoms with van der Waals surface area (Å²) in [5.41, 5.74) is 0.706. The second kappa shape index (κ2) is 10.6. The van der Waals surface area contributed by atoms with Gasteiger partial charge in [0, 0.05) is 45.3 Å². The number of anilines is 1. The van der Waals surface area contributed by atoms with Crippen molar-refractivity contribution in [1.82, 2.24) is 30.1 Å². The van der Waals surface area contributed by atoms with Crippen molar-refractivity contribution in [1.29, 1.82) is 0 Å². The average molecular weight is 467 g/mol. The SMILES string of the molecule is O=C(NC1CCN(CCN2CCOCC2)CC1)c1ncc2nc(NCC(F)(F)F)ccc2n1. The number of fused-ring (bicyclic) bond motifs is 1. The summed E-state index contributed by atoms with van der Waals surface area (Å²) in [5.74, 6) is -0.265. The van der Waals surface area contributed by atoms with E-state index in [9.17, 15) is 18.0 Å². The number of carbonyl (C=O) groups is 1. The summed E-state index contributed by atoms with van der Waals surface area (Å²) in [5, 5.41) is 5.22. The zero-order valence-electron chi connectivity index (χ0n) is 18.3. The number of carbonyl (C=O) groups excluding carboxylic acids is 1. The van der Waals surface area contributed by atoms with Gasteiger partial charge in [-0.3, -0.25) is 9.69 Å². The van der Waals surface area contributed by atoms with Crippen LogP contribution in [-0.4, -0.2) is 102 Å². The van der Waals surface area contributed by atoms with Crippen molar-refractivity contribution in [3.05, 3.63) is 24.2 Å². The lowest BCUT2D eigenvalue weighted by Gasteiger charge is -2.34. The zero-order valence-corrected chi connectivity index (χ0v) is 18.3. The quantitative estimate of drug-likeness (QED) is 0.633. The molecular formula is C21H28F3N7O2. The van der Waals surface area contributed by atoms with Gasteiger partial charge in [0.15, 0.2) is 0 Å². The number of halogens is 3. The minimum atomic E-state index is -4.34. The van der Waals surface area contributed by atoms with Crippen LogP contribution >= 0.6 is 0 Å². The number of hydrogen-bond donors (Lipinski definition) is 2. The van der Waals surface area contributed by atoms with Crippen LogP contribution in [0.25, 0.3) is 11.0 Å². The summed E-state index contributed by atoms with van der Waals surface area (Å²) < 4.78 is 42.5. The Balaban J connectivity index is 1.25. The van der Waals surface area contributed by atoms with Gasteiger partial charge in [-0.25, -0.2) is 15.0 Å². The summed E-state index contributed by atoms with van der Waals surface area (Å²) in [6, 6.07) is 2.98. The average Bonchev–Trinajstić information content (AvgIpc) is 2.82. The highest BCUT2D eigenvalue weighted by Gasteiger charge is 2.27. The Kier molecular flexibility index (Phi) is 7.56. The number of piperidine rings is 1. The molecule has 180 valence electrons. The number of pyridine rings is 1. The molecule has 2 saturated heterocycles. The molecule has 12 heteroatoms. The summed E-state index contributed by atoms with van der Waals surface area (Å²) in [4.78, 5) is 29.8. The first-order valence-corrected chi connectivity index (χ1v) is 11.1. The van der Waals surface area contributed by atoms with Gasteiger partial charge in [0.05, 0.1) is 24.9 Å². The first-order chi connectivity index (χ1) is 15.9. The maximum atomic E-state index is 12.6. The molecule has 0 unspecified atom stereocenters. The third-order valence-corrected chi connectivity index (χ3v) is 5.87. The summed E-state index contributed by atoms with van der Waals surface area (Å²) >= 11 is 0. The van der Waals surface area contributed by atoms with Crippen LogP contribution in [0.4, 0.5) is 19.0 Å². The molecule has 0 aromatic carbocycles. The van der Waals surface area contributed by atoms with Crippen LogP contribution in [-0.2, 0) is 4.74 Å². The molecule has 0 atom stereocenters. The Morgan fingerprint density at radius 3 is 2.42 bits per heavy atom. The van der Waals surface area contributed by atoms with E-state index in [4.69, 9.17) is 4.74 Å². The predicted octanol–water partition coefficient (Wildman–Crippen LogP) is 1.53. The molecule has 9 nitrogen and oxygen atoms in total. The van der Waals surface area contributed by atoms with Gasteiger partial charge in [-0.2, -0.15) is 13.2 Å². The fraction of sp³-hybridized carbons (Fsp3) is 0.619. The highest BCUT2D eigenvalue weighted by molar-refractivity contribution is 5.92. The lowest BCUT2D eigenvalue weighted by molar-refractivity contribution is -0.115. The van der Waals surface area contributed by atoms with Gasteiger partial charge in [0.2, 0.25) is 5.82 Å². The van der Waals surface area contributed by atoms with Crippen LogP contribution in [0, 0.1) is 0 Å². The van der Waals surface area contributed by atoms with E-state index in [1.54, 1.807) is 0 Å². The van der Waals surface area contributed by atoms with Crippen molar-refractivity contribution >= 4 is 22.8 Å². The van der Waals surface area contributed by atoms with E-state index in [-0.39, 0.29) is 23.6 Å². The number of ether oxygens (including phenoxy) is 1. The van der Waals surface area contributed by atoms with Gasteiger partial charge >= 0.3 is 6.18 Å². The van der Waals surface area contributed by atoms with Crippen LogP contribution in [0.1, 0.15) is 23.5 Å². The van der Waals surface area contributed by atoms with Gasteiger partial charge in [0.1, 0.15) is 17.9 Å². The standard InChI is InChI=1S/C21H28F3N7O2/c22-21(23,24)14-26-18-2-1-16-17(28-18)13-25-19(29-16)20(32)27-15-3-5-30(6-4-15)7-8-31-9-11-33-12-10-31/h1-2,13,15H,3-12,14H2,(H,26,28)(H,27,32).